The van der Waals surface area contributed by atoms with E-state index in [9.17, 15) is 0 Å². The number of hydrogen-bond donors (Lipinski definition) is 1. The van der Waals surface area contributed by atoms with E-state index in [4.69, 9.17) is 15.0 Å². The summed E-state index contributed by atoms with van der Waals surface area (Å²) in [5.41, 5.74) is 6.85. The molecule has 0 spiro atoms. The number of hydrogen-bond acceptors (Lipinski definition) is 5. The summed E-state index contributed by atoms with van der Waals surface area (Å²) in [5.74, 6) is 2.21. The highest BCUT2D eigenvalue weighted by Crippen LogP contribution is 2.55. The van der Waals surface area contributed by atoms with Gasteiger partial charge in [0.05, 0.1) is 18.1 Å². The highest BCUT2D eigenvalue weighted by atomic mass is 16.5. The Balaban J connectivity index is 1.72. The van der Waals surface area contributed by atoms with Crippen LogP contribution in [0.25, 0.3) is 0 Å². The minimum Gasteiger partial charge on any atom is -0.496 e. The molecule has 0 atom stereocenters. The average Bonchev–Trinajstić information content (AvgIpc) is 3.14. The van der Waals surface area contributed by atoms with Gasteiger partial charge < -0.3 is 15.0 Å². The minimum absolute atomic E-state index is 0.183. The van der Waals surface area contributed by atoms with Gasteiger partial charge in [0.1, 0.15) is 5.75 Å². The molecule has 2 aliphatic rings. The standard InChI is InChI=1S/C16H19N3O2/c1-20-12-6-3-2-5-11(12)15(9-10-15)14-18-13(19-21-14)16(17)7-4-8-16/h2-3,5-6H,4,7-10,17H2,1H3. The van der Waals surface area contributed by atoms with Crippen LogP contribution in [-0.4, -0.2) is 17.3 Å². The lowest BCUT2D eigenvalue weighted by molar-refractivity contribution is 0.228. The van der Waals surface area contributed by atoms with E-state index in [2.05, 4.69) is 16.2 Å². The first-order valence-corrected chi connectivity index (χ1v) is 7.45. The fourth-order valence-electron chi connectivity index (χ4n) is 3.16. The Morgan fingerprint density at radius 2 is 1.95 bits per heavy atom. The van der Waals surface area contributed by atoms with Crippen LogP contribution < -0.4 is 10.5 Å². The molecule has 1 aromatic heterocycles. The molecule has 0 bridgehead atoms. The van der Waals surface area contributed by atoms with Crippen molar-refractivity contribution in [2.45, 2.75) is 43.1 Å². The molecule has 2 aliphatic carbocycles. The Hall–Kier alpha value is -1.88. The second-order valence-corrected chi connectivity index (χ2v) is 6.22. The van der Waals surface area contributed by atoms with E-state index in [0.29, 0.717) is 11.7 Å². The number of para-hydroxylation sites is 1. The van der Waals surface area contributed by atoms with Crippen LogP contribution in [0.15, 0.2) is 28.8 Å². The Kier molecular flexibility index (Phi) is 2.63. The molecule has 0 aliphatic heterocycles. The molecule has 1 heterocycles. The van der Waals surface area contributed by atoms with Crippen LogP contribution in [0.5, 0.6) is 5.75 Å². The van der Waals surface area contributed by atoms with Crippen LogP contribution >= 0.6 is 0 Å². The van der Waals surface area contributed by atoms with Crippen molar-refractivity contribution in [1.82, 2.24) is 10.1 Å². The van der Waals surface area contributed by atoms with Crippen LogP contribution in [0, 0.1) is 0 Å². The van der Waals surface area contributed by atoms with E-state index in [-0.39, 0.29) is 11.0 Å². The highest BCUT2D eigenvalue weighted by Gasteiger charge is 2.53. The Bertz CT molecular complexity index is 672. The van der Waals surface area contributed by atoms with Crippen molar-refractivity contribution in [3.8, 4) is 5.75 Å². The van der Waals surface area contributed by atoms with E-state index in [0.717, 1.165) is 43.4 Å². The second kappa shape index (κ2) is 4.31. The van der Waals surface area contributed by atoms with Gasteiger partial charge in [-0.25, -0.2) is 0 Å². The van der Waals surface area contributed by atoms with Crippen molar-refractivity contribution in [1.29, 1.82) is 0 Å². The maximum atomic E-state index is 6.29. The molecular formula is C16H19N3O2. The predicted molar refractivity (Wildman–Crippen MR) is 77.0 cm³/mol. The first kappa shape index (κ1) is 12.8. The maximum Gasteiger partial charge on any atom is 0.237 e. The number of benzene rings is 1. The van der Waals surface area contributed by atoms with Gasteiger partial charge in [-0.3, -0.25) is 0 Å². The smallest absolute Gasteiger partial charge is 0.237 e. The van der Waals surface area contributed by atoms with E-state index < -0.39 is 0 Å². The van der Waals surface area contributed by atoms with Crippen LogP contribution in [0.2, 0.25) is 0 Å². The van der Waals surface area contributed by atoms with Gasteiger partial charge in [0.25, 0.3) is 0 Å². The number of rotatable bonds is 4. The highest BCUT2D eigenvalue weighted by molar-refractivity contribution is 5.47. The molecule has 2 saturated carbocycles. The van der Waals surface area contributed by atoms with Crippen LogP contribution in [0.1, 0.15) is 49.4 Å². The van der Waals surface area contributed by atoms with Crippen molar-refractivity contribution in [2.24, 2.45) is 5.73 Å². The van der Waals surface area contributed by atoms with Gasteiger partial charge >= 0.3 is 0 Å². The number of nitrogens with two attached hydrogens (primary N) is 1. The lowest BCUT2D eigenvalue weighted by atomic mass is 9.77. The Morgan fingerprint density at radius 1 is 1.19 bits per heavy atom. The van der Waals surface area contributed by atoms with Gasteiger partial charge in [0.2, 0.25) is 5.89 Å². The summed E-state index contributed by atoms with van der Waals surface area (Å²) in [6, 6.07) is 8.05. The molecule has 2 fully saturated rings. The molecule has 1 aromatic carbocycles. The van der Waals surface area contributed by atoms with Crippen molar-refractivity contribution < 1.29 is 9.26 Å². The van der Waals surface area contributed by atoms with Crippen molar-refractivity contribution >= 4 is 0 Å². The average molecular weight is 285 g/mol. The molecular weight excluding hydrogens is 266 g/mol. The summed E-state index contributed by atoms with van der Waals surface area (Å²) in [6.07, 6.45) is 5.03. The van der Waals surface area contributed by atoms with Gasteiger partial charge in [-0.05, 0) is 38.2 Å². The van der Waals surface area contributed by atoms with E-state index in [1.54, 1.807) is 7.11 Å². The van der Waals surface area contributed by atoms with Gasteiger partial charge in [-0.15, -0.1) is 0 Å². The topological polar surface area (TPSA) is 74.2 Å². The molecule has 21 heavy (non-hydrogen) atoms. The summed E-state index contributed by atoms with van der Waals surface area (Å²) >= 11 is 0. The van der Waals surface area contributed by atoms with Crippen molar-refractivity contribution in [3.63, 3.8) is 0 Å². The molecule has 5 nitrogen and oxygen atoms in total. The predicted octanol–water partition coefficient (Wildman–Crippen LogP) is 2.50. The van der Waals surface area contributed by atoms with Crippen LogP contribution in [-0.2, 0) is 11.0 Å². The zero-order valence-corrected chi connectivity index (χ0v) is 12.1. The fraction of sp³-hybridized carbons (Fsp3) is 0.500. The van der Waals surface area contributed by atoms with Crippen LogP contribution in [0.3, 0.4) is 0 Å². The van der Waals surface area contributed by atoms with Gasteiger partial charge in [-0.2, -0.15) is 4.98 Å². The minimum atomic E-state index is -0.376. The second-order valence-electron chi connectivity index (χ2n) is 6.22. The largest absolute Gasteiger partial charge is 0.496 e. The summed E-state index contributed by atoms with van der Waals surface area (Å²) in [7, 11) is 1.69. The van der Waals surface area contributed by atoms with Gasteiger partial charge in [0, 0.05) is 5.56 Å². The van der Waals surface area contributed by atoms with Crippen molar-refractivity contribution in [2.75, 3.05) is 7.11 Å². The van der Waals surface area contributed by atoms with E-state index >= 15 is 0 Å². The molecule has 2 N–H and O–H groups in total. The number of methoxy groups -OCH3 is 1. The molecule has 0 unspecified atom stereocenters. The summed E-state index contributed by atoms with van der Waals surface area (Å²) in [5, 5.41) is 4.15. The van der Waals surface area contributed by atoms with Gasteiger partial charge in [0.15, 0.2) is 5.82 Å². The zero-order chi connectivity index (χ0) is 14.5. The first-order valence-electron chi connectivity index (χ1n) is 7.45. The van der Waals surface area contributed by atoms with Gasteiger partial charge in [-0.1, -0.05) is 23.4 Å². The molecule has 5 heteroatoms. The third kappa shape index (κ3) is 1.80. The molecule has 110 valence electrons. The number of aromatic nitrogens is 2. The van der Waals surface area contributed by atoms with Crippen LogP contribution in [0.4, 0.5) is 0 Å². The molecule has 0 saturated heterocycles. The lowest BCUT2D eigenvalue weighted by Crippen LogP contribution is -2.44. The Morgan fingerprint density at radius 3 is 2.57 bits per heavy atom. The lowest BCUT2D eigenvalue weighted by Gasteiger charge is -2.34. The Labute approximate surface area is 123 Å². The third-order valence-corrected chi connectivity index (χ3v) is 4.90. The quantitative estimate of drug-likeness (QED) is 0.934. The molecule has 4 rings (SSSR count). The normalized spacial score (nSPS) is 21.6. The first-order chi connectivity index (χ1) is 10.2. The molecule has 0 amide bonds. The molecule has 2 aromatic rings. The van der Waals surface area contributed by atoms with E-state index in [1.807, 2.05) is 18.2 Å². The maximum absolute atomic E-state index is 6.29. The number of nitrogens with zero attached hydrogens (tertiary/aromatic N) is 2. The fourth-order valence-corrected chi connectivity index (χ4v) is 3.16. The van der Waals surface area contributed by atoms with Crippen molar-refractivity contribution in [3.05, 3.63) is 41.5 Å². The summed E-state index contributed by atoms with van der Waals surface area (Å²) in [6.45, 7) is 0. The zero-order valence-electron chi connectivity index (χ0n) is 12.1. The molecule has 0 radical (unpaired) electrons. The number of ether oxygens (including phenoxy) is 1. The summed E-state index contributed by atoms with van der Waals surface area (Å²) in [4.78, 5) is 4.63. The SMILES string of the molecule is COc1ccccc1C1(c2nc(C3(N)CCC3)no2)CC1. The monoisotopic (exact) mass is 285 g/mol. The summed E-state index contributed by atoms with van der Waals surface area (Å²) < 4.78 is 11.1. The van der Waals surface area contributed by atoms with E-state index in [1.165, 1.54) is 0 Å². The third-order valence-electron chi connectivity index (χ3n) is 4.90.